The maximum atomic E-state index is 12.4. The molecule has 0 aliphatic rings. The summed E-state index contributed by atoms with van der Waals surface area (Å²) >= 11 is 1.35. The number of hydrogen-bond donors (Lipinski definition) is 1. The van der Waals surface area contributed by atoms with E-state index in [0.717, 1.165) is 0 Å². The van der Waals surface area contributed by atoms with Gasteiger partial charge in [0.25, 0.3) is 5.56 Å². The summed E-state index contributed by atoms with van der Waals surface area (Å²) in [4.78, 5) is 27.7. The molecule has 2 aromatic rings. The van der Waals surface area contributed by atoms with Crippen LogP contribution in [0.4, 0.5) is 0 Å². The van der Waals surface area contributed by atoms with Gasteiger partial charge in [-0.05, 0) is 12.1 Å². The molecule has 2 N–H and O–H groups in total. The number of carbonyl (C=O) groups excluding carboxylic acids is 1. The van der Waals surface area contributed by atoms with E-state index in [1.807, 2.05) is 12.1 Å². The third-order valence-electron chi connectivity index (χ3n) is 2.72. The van der Waals surface area contributed by atoms with E-state index >= 15 is 0 Å². The zero-order chi connectivity index (χ0) is 14.5. The van der Waals surface area contributed by atoms with E-state index in [2.05, 4.69) is 11.6 Å². The van der Waals surface area contributed by atoms with Crippen LogP contribution in [-0.2, 0) is 11.3 Å². The molecule has 20 heavy (non-hydrogen) atoms. The van der Waals surface area contributed by atoms with Crippen molar-refractivity contribution in [3.05, 3.63) is 47.3 Å². The largest absolute Gasteiger partial charge is 0.370 e. The Morgan fingerprint density at radius 2 is 2.20 bits per heavy atom. The van der Waals surface area contributed by atoms with Crippen LogP contribution in [0.2, 0.25) is 0 Å². The van der Waals surface area contributed by atoms with E-state index in [0.29, 0.717) is 28.4 Å². The first kappa shape index (κ1) is 14.3. The van der Waals surface area contributed by atoms with Gasteiger partial charge in [0.1, 0.15) is 0 Å². The van der Waals surface area contributed by atoms with Crippen molar-refractivity contribution in [3.8, 4) is 0 Å². The SMILES string of the molecule is C=CCn1c(SCCC(N)=O)nc2ccccc2c1=O. The van der Waals surface area contributed by atoms with Crippen molar-refractivity contribution in [2.45, 2.75) is 18.1 Å². The molecule has 0 bridgehead atoms. The number of benzene rings is 1. The Labute approximate surface area is 120 Å². The van der Waals surface area contributed by atoms with Crippen molar-refractivity contribution in [3.63, 3.8) is 0 Å². The minimum Gasteiger partial charge on any atom is -0.370 e. The summed E-state index contributed by atoms with van der Waals surface area (Å²) < 4.78 is 1.56. The number of thioether (sulfide) groups is 1. The summed E-state index contributed by atoms with van der Waals surface area (Å²) in [6, 6.07) is 7.20. The highest BCUT2D eigenvalue weighted by Crippen LogP contribution is 2.18. The molecule has 0 aliphatic carbocycles. The molecular formula is C14H15N3O2S. The molecule has 0 aliphatic heterocycles. The summed E-state index contributed by atoms with van der Waals surface area (Å²) in [5.41, 5.74) is 5.67. The van der Waals surface area contributed by atoms with Gasteiger partial charge in [0.2, 0.25) is 5.91 Å². The number of fused-ring (bicyclic) bond motifs is 1. The van der Waals surface area contributed by atoms with Gasteiger partial charge >= 0.3 is 0 Å². The van der Waals surface area contributed by atoms with Gasteiger partial charge in [-0.1, -0.05) is 30.0 Å². The molecule has 0 saturated heterocycles. The Morgan fingerprint density at radius 1 is 1.45 bits per heavy atom. The fourth-order valence-electron chi connectivity index (χ4n) is 1.79. The lowest BCUT2D eigenvalue weighted by molar-refractivity contribution is -0.117. The Bertz CT molecular complexity index is 709. The van der Waals surface area contributed by atoms with Crippen LogP contribution < -0.4 is 11.3 Å². The number of nitrogens with zero attached hydrogens (tertiary/aromatic N) is 2. The van der Waals surface area contributed by atoms with Crippen molar-refractivity contribution >= 4 is 28.6 Å². The highest BCUT2D eigenvalue weighted by atomic mass is 32.2. The van der Waals surface area contributed by atoms with Crippen LogP contribution in [0, 0.1) is 0 Å². The van der Waals surface area contributed by atoms with Gasteiger partial charge in [0, 0.05) is 18.7 Å². The van der Waals surface area contributed by atoms with Gasteiger partial charge in [-0.25, -0.2) is 4.98 Å². The van der Waals surface area contributed by atoms with Crippen LogP contribution in [0.1, 0.15) is 6.42 Å². The molecule has 0 fully saturated rings. The second kappa shape index (κ2) is 6.38. The first-order chi connectivity index (χ1) is 9.63. The molecule has 2 rings (SSSR count). The van der Waals surface area contributed by atoms with Gasteiger partial charge in [0.05, 0.1) is 10.9 Å². The minimum absolute atomic E-state index is 0.0999. The van der Waals surface area contributed by atoms with Crippen LogP contribution in [-0.4, -0.2) is 21.2 Å². The number of primary amides is 1. The lowest BCUT2D eigenvalue weighted by atomic mass is 10.2. The van der Waals surface area contributed by atoms with Gasteiger partial charge in [-0.15, -0.1) is 6.58 Å². The molecule has 1 heterocycles. The van der Waals surface area contributed by atoms with Crippen LogP contribution in [0.3, 0.4) is 0 Å². The van der Waals surface area contributed by atoms with E-state index in [4.69, 9.17) is 5.73 Å². The zero-order valence-electron chi connectivity index (χ0n) is 10.9. The summed E-state index contributed by atoms with van der Waals surface area (Å²) in [7, 11) is 0. The molecule has 6 heteroatoms. The zero-order valence-corrected chi connectivity index (χ0v) is 11.7. The molecule has 5 nitrogen and oxygen atoms in total. The lowest BCUT2D eigenvalue weighted by Crippen LogP contribution is -2.23. The Morgan fingerprint density at radius 3 is 2.90 bits per heavy atom. The van der Waals surface area contributed by atoms with Crippen LogP contribution in [0.5, 0.6) is 0 Å². The molecule has 0 saturated carbocycles. The molecule has 0 unspecified atom stereocenters. The first-order valence-electron chi connectivity index (χ1n) is 6.15. The molecule has 0 radical (unpaired) electrons. The Balaban J connectivity index is 2.45. The smallest absolute Gasteiger partial charge is 0.262 e. The van der Waals surface area contributed by atoms with Gasteiger partial charge in [-0.3, -0.25) is 14.2 Å². The summed E-state index contributed by atoms with van der Waals surface area (Å²) in [6.07, 6.45) is 1.90. The topological polar surface area (TPSA) is 78.0 Å². The highest BCUT2D eigenvalue weighted by molar-refractivity contribution is 7.99. The number of amides is 1. The quantitative estimate of drug-likeness (QED) is 0.497. The maximum Gasteiger partial charge on any atom is 0.262 e. The van der Waals surface area contributed by atoms with E-state index in [9.17, 15) is 9.59 Å². The van der Waals surface area contributed by atoms with E-state index in [1.165, 1.54) is 11.8 Å². The Kier molecular flexibility index (Phi) is 4.57. The summed E-state index contributed by atoms with van der Waals surface area (Å²) in [6.45, 7) is 4.04. The van der Waals surface area contributed by atoms with Crippen molar-refractivity contribution in [1.29, 1.82) is 0 Å². The third kappa shape index (κ3) is 3.08. The molecular weight excluding hydrogens is 274 g/mol. The number of para-hydroxylation sites is 1. The van der Waals surface area contributed by atoms with Crippen LogP contribution >= 0.6 is 11.8 Å². The lowest BCUT2D eigenvalue weighted by Gasteiger charge is -2.10. The molecule has 104 valence electrons. The molecule has 0 atom stereocenters. The number of allylic oxidation sites excluding steroid dienone is 1. The highest BCUT2D eigenvalue weighted by Gasteiger charge is 2.10. The number of hydrogen-bond acceptors (Lipinski definition) is 4. The second-order valence-corrected chi connectivity index (χ2v) is 5.24. The van der Waals surface area contributed by atoms with E-state index in [1.54, 1.807) is 22.8 Å². The predicted molar refractivity (Wildman–Crippen MR) is 80.7 cm³/mol. The Hall–Kier alpha value is -2.08. The number of carbonyl (C=O) groups is 1. The van der Waals surface area contributed by atoms with Gasteiger partial charge in [0.15, 0.2) is 5.16 Å². The van der Waals surface area contributed by atoms with Crippen molar-refractivity contribution in [1.82, 2.24) is 9.55 Å². The number of rotatable bonds is 6. The maximum absolute atomic E-state index is 12.4. The first-order valence-corrected chi connectivity index (χ1v) is 7.13. The standard InChI is InChI=1S/C14H15N3O2S/c1-2-8-17-13(19)10-5-3-4-6-11(10)16-14(17)20-9-7-12(15)18/h2-6H,1,7-9H2,(H2,15,18). The number of aromatic nitrogens is 2. The molecule has 1 aromatic heterocycles. The number of nitrogens with two attached hydrogens (primary N) is 1. The van der Waals surface area contributed by atoms with Crippen LogP contribution in [0.25, 0.3) is 10.9 Å². The average Bonchev–Trinajstić information content (AvgIpc) is 2.42. The summed E-state index contributed by atoms with van der Waals surface area (Å²) in [5.74, 6) is 0.132. The molecule has 1 amide bonds. The second-order valence-electron chi connectivity index (χ2n) is 4.18. The fraction of sp³-hybridized carbons (Fsp3) is 0.214. The fourth-order valence-corrected chi connectivity index (χ4v) is 2.75. The molecule has 0 spiro atoms. The minimum atomic E-state index is -0.365. The van der Waals surface area contributed by atoms with Crippen molar-refractivity contribution < 1.29 is 4.79 Å². The van der Waals surface area contributed by atoms with Gasteiger partial charge < -0.3 is 5.73 Å². The monoisotopic (exact) mass is 289 g/mol. The van der Waals surface area contributed by atoms with Crippen molar-refractivity contribution in [2.24, 2.45) is 5.73 Å². The predicted octanol–water partition coefficient (Wildman–Crippen LogP) is 1.55. The molecule has 1 aromatic carbocycles. The van der Waals surface area contributed by atoms with E-state index < -0.39 is 0 Å². The average molecular weight is 289 g/mol. The van der Waals surface area contributed by atoms with Crippen LogP contribution in [0.15, 0.2) is 46.9 Å². The summed E-state index contributed by atoms with van der Waals surface area (Å²) in [5, 5.41) is 1.16. The van der Waals surface area contributed by atoms with E-state index in [-0.39, 0.29) is 17.9 Å². The normalized spacial score (nSPS) is 10.6. The third-order valence-corrected chi connectivity index (χ3v) is 3.70. The van der Waals surface area contributed by atoms with Gasteiger partial charge in [-0.2, -0.15) is 0 Å². The van der Waals surface area contributed by atoms with Crippen molar-refractivity contribution in [2.75, 3.05) is 5.75 Å².